The molecule has 0 aliphatic heterocycles. The maximum atomic E-state index is 5.67. The molecular formula is C12H19NO. The normalized spacial score (nSPS) is 11.7. The van der Waals surface area contributed by atoms with Gasteiger partial charge in [-0.1, -0.05) is 24.3 Å². The van der Waals surface area contributed by atoms with E-state index in [9.17, 15) is 0 Å². The first-order chi connectivity index (χ1) is 6.59. The van der Waals surface area contributed by atoms with Gasteiger partial charge in [0.25, 0.3) is 0 Å². The van der Waals surface area contributed by atoms with Crippen molar-refractivity contribution in [3.8, 4) is 0 Å². The Hall–Kier alpha value is -0.860. The van der Waals surface area contributed by atoms with Crippen LogP contribution in [0.2, 0.25) is 0 Å². The van der Waals surface area contributed by atoms with E-state index in [0.717, 1.165) is 6.42 Å². The van der Waals surface area contributed by atoms with Crippen molar-refractivity contribution in [2.24, 2.45) is 5.73 Å². The molecule has 1 aromatic rings. The summed E-state index contributed by atoms with van der Waals surface area (Å²) in [5.41, 5.74) is 8.04. The van der Waals surface area contributed by atoms with Crippen LogP contribution in [0, 0.1) is 0 Å². The van der Waals surface area contributed by atoms with E-state index in [0.29, 0.717) is 6.54 Å². The zero-order valence-electron chi connectivity index (χ0n) is 9.21. The number of ether oxygens (including phenoxy) is 1. The summed E-state index contributed by atoms with van der Waals surface area (Å²) in [5, 5.41) is 0. The highest BCUT2D eigenvalue weighted by Crippen LogP contribution is 2.18. The predicted molar refractivity (Wildman–Crippen MR) is 59.1 cm³/mol. The average Bonchev–Trinajstić information content (AvgIpc) is 2.18. The lowest BCUT2D eigenvalue weighted by Crippen LogP contribution is -2.26. The van der Waals surface area contributed by atoms with Gasteiger partial charge in [0.15, 0.2) is 0 Å². The van der Waals surface area contributed by atoms with Gasteiger partial charge in [0.1, 0.15) is 0 Å². The number of rotatable bonds is 4. The average molecular weight is 193 g/mol. The van der Waals surface area contributed by atoms with Gasteiger partial charge in [-0.3, -0.25) is 0 Å². The minimum atomic E-state index is -0.120. The minimum absolute atomic E-state index is 0.120. The van der Waals surface area contributed by atoms with E-state index in [-0.39, 0.29) is 5.60 Å². The molecule has 2 N–H and O–H groups in total. The number of nitrogens with two attached hydrogens (primary N) is 1. The number of methoxy groups -OCH3 is 1. The molecule has 0 bridgehead atoms. The topological polar surface area (TPSA) is 35.2 Å². The molecule has 2 nitrogen and oxygen atoms in total. The third-order valence-electron chi connectivity index (χ3n) is 2.51. The summed E-state index contributed by atoms with van der Waals surface area (Å²) in [4.78, 5) is 0. The first-order valence-corrected chi connectivity index (χ1v) is 4.91. The van der Waals surface area contributed by atoms with Crippen molar-refractivity contribution in [2.75, 3.05) is 7.11 Å². The van der Waals surface area contributed by atoms with Gasteiger partial charge in [-0.2, -0.15) is 0 Å². The number of hydrogen-bond acceptors (Lipinski definition) is 2. The second-order valence-corrected chi connectivity index (χ2v) is 4.11. The zero-order valence-corrected chi connectivity index (χ0v) is 9.21. The lowest BCUT2D eigenvalue weighted by Gasteiger charge is -2.24. The Morgan fingerprint density at radius 3 is 2.29 bits per heavy atom. The molecule has 78 valence electrons. The molecular weight excluding hydrogens is 174 g/mol. The van der Waals surface area contributed by atoms with Crippen LogP contribution in [0.25, 0.3) is 0 Å². The Morgan fingerprint density at radius 2 is 1.79 bits per heavy atom. The molecule has 0 radical (unpaired) electrons. The molecule has 0 saturated heterocycles. The van der Waals surface area contributed by atoms with E-state index in [4.69, 9.17) is 10.5 Å². The van der Waals surface area contributed by atoms with E-state index in [2.05, 4.69) is 26.0 Å². The fraction of sp³-hybridized carbons (Fsp3) is 0.500. The number of benzene rings is 1. The molecule has 0 aliphatic carbocycles. The monoisotopic (exact) mass is 193 g/mol. The van der Waals surface area contributed by atoms with Crippen molar-refractivity contribution in [2.45, 2.75) is 32.4 Å². The molecule has 14 heavy (non-hydrogen) atoms. The van der Waals surface area contributed by atoms with Crippen LogP contribution in [0.5, 0.6) is 0 Å². The van der Waals surface area contributed by atoms with Gasteiger partial charge in [-0.05, 0) is 25.0 Å². The summed E-state index contributed by atoms with van der Waals surface area (Å²) in [6.45, 7) is 4.76. The molecule has 0 fully saturated rings. The molecule has 0 unspecified atom stereocenters. The SMILES string of the molecule is COC(C)(C)Cc1ccccc1CN. The fourth-order valence-electron chi connectivity index (χ4n) is 1.46. The van der Waals surface area contributed by atoms with Gasteiger partial charge < -0.3 is 10.5 Å². The van der Waals surface area contributed by atoms with Crippen LogP contribution in [-0.2, 0) is 17.7 Å². The zero-order chi connectivity index (χ0) is 10.6. The minimum Gasteiger partial charge on any atom is -0.378 e. The van der Waals surface area contributed by atoms with Gasteiger partial charge in [-0.25, -0.2) is 0 Å². The van der Waals surface area contributed by atoms with Gasteiger partial charge >= 0.3 is 0 Å². The number of hydrogen-bond donors (Lipinski definition) is 1. The van der Waals surface area contributed by atoms with Crippen molar-refractivity contribution in [1.82, 2.24) is 0 Å². The van der Waals surface area contributed by atoms with Gasteiger partial charge in [0.05, 0.1) is 5.60 Å². The van der Waals surface area contributed by atoms with E-state index in [1.165, 1.54) is 11.1 Å². The Balaban J connectivity index is 2.85. The van der Waals surface area contributed by atoms with E-state index < -0.39 is 0 Å². The van der Waals surface area contributed by atoms with Crippen molar-refractivity contribution in [3.63, 3.8) is 0 Å². The van der Waals surface area contributed by atoms with Crippen LogP contribution >= 0.6 is 0 Å². The van der Waals surface area contributed by atoms with Crippen LogP contribution in [0.4, 0.5) is 0 Å². The van der Waals surface area contributed by atoms with Gasteiger partial charge in [-0.15, -0.1) is 0 Å². The molecule has 1 aromatic carbocycles. The standard InChI is InChI=1S/C12H19NO/c1-12(2,14-3)8-10-6-4-5-7-11(10)9-13/h4-7H,8-9,13H2,1-3H3. The van der Waals surface area contributed by atoms with E-state index in [1.807, 2.05) is 12.1 Å². The molecule has 0 atom stereocenters. The molecule has 1 rings (SSSR count). The fourth-order valence-corrected chi connectivity index (χ4v) is 1.46. The molecule has 0 spiro atoms. The van der Waals surface area contributed by atoms with Crippen molar-refractivity contribution in [1.29, 1.82) is 0 Å². The highest BCUT2D eigenvalue weighted by atomic mass is 16.5. The third-order valence-corrected chi connectivity index (χ3v) is 2.51. The maximum absolute atomic E-state index is 5.67. The molecule has 2 heteroatoms. The molecule has 0 aromatic heterocycles. The Morgan fingerprint density at radius 1 is 1.21 bits per heavy atom. The summed E-state index contributed by atoms with van der Waals surface area (Å²) < 4.78 is 5.40. The predicted octanol–water partition coefficient (Wildman–Crippen LogP) is 2.11. The summed E-state index contributed by atoms with van der Waals surface area (Å²) in [6, 6.07) is 8.25. The highest BCUT2D eigenvalue weighted by molar-refractivity contribution is 5.28. The second kappa shape index (κ2) is 4.58. The van der Waals surface area contributed by atoms with Crippen LogP contribution < -0.4 is 5.73 Å². The van der Waals surface area contributed by atoms with E-state index >= 15 is 0 Å². The smallest absolute Gasteiger partial charge is 0.0663 e. The first-order valence-electron chi connectivity index (χ1n) is 4.91. The second-order valence-electron chi connectivity index (χ2n) is 4.11. The lowest BCUT2D eigenvalue weighted by molar-refractivity contribution is 0.0230. The van der Waals surface area contributed by atoms with Crippen LogP contribution in [0.15, 0.2) is 24.3 Å². The van der Waals surface area contributed by atoms with Crippen molar-refractivity contribution in [3.05, 3.63) is 35.4 Å². The molecule has 0 amide bonds. The van der Waals surface area contributed by atoms with Crippen molar-refractivity contribution >= 4 is 0 Å². The van der Waals surface area contributed by atoms with E-state index in [1.54, 1.807) is 7.11 Å². The summed E-state index contributed by atoms with van der Waals surface area (Å²) in [6.07, 6.45) is 0.900. The Labute approximate surface area is 86.1 Å². The summed E-state index contributed by atoms with van der Waals surface area (Å²) in [5.74, 6) is 0. The largest absolute Gasteiger partial charge is 0.378 e. The summed E-state index contributed by atoms with van der Waals surface area (Å²) in [7, 11) is 1.74. The summed E-state index contributed by atoms with van der Waals surface area (Å²) >= 11 is 0. The van der Waals surface area contributed by atoms with Crippen molar-refractivity contribution < 1.29 is 4.74 Å². The Bertz CT molecular complexity index is 294. The molecule has 0 saturated carbocycles. The van der Waals surface area contributed by atoms with Crippen LogP contribution in [-0.4, -0.2) is 12.7 Å². The first kappa shape index (κ1) is 11.2. The quantitative estimate of drug-likeness (QED) is 0.795. The van der Waals surface area contributed by atoms with Crippen LogP contribution in [0.3, 0.4) is 0 Å². The highest BCUT2D eigenvalue weighted by Gasteiger charge is 2.18. The molecule has 0 heterocycles. The third kappa shape index (κ3) is 2.82. The van der Waals surface area contributed by atoms with Crippen LogP contribution in [0.1, 0.15) is 25.0 Å². The molecule has 0 aliphatic rings. The lowest BCUT2D eigenvalue weighted by atomic mass is 9.95. The Kier molecular flexibility index (Phi) is 3.67. The van der Waals surface area contributed by atoms with Gasteiger partial charge in [0, 0.05) is 20.1 Å². The van der Waals surface area contributed by atoms with Gasteiger partial charge in [0.2, 0.25) is 0 Å². The maximum Gasteiger partial charge on any atom is 0.0663 e.